The van der Waals surface area contributed by atoms with Crippen molar-refractivity contribution < 1.29 is 80.1 Å². The van der Waals surface area contributed by atoms with Crippen LogP contribution in [0.5, 0.6) is 0 Å². The monoisotopic (exact) mass is 551 g/mol. The maximum Gasteiger partial charge on any atom is 0.393 e. The van der Waals surface area contributed by atoms with Crippen molar-refractivity contribution in [1.82, 2.24) is 5.32 Å². The number of aliphatic hydroxyl groups excluding tert-OH is 1. The second kappa shape index (κ2) is 8.08. The summed E-state index contributed by atoms with van der Waals surface area (Å²) in [4.78, 5) is 11.2. The Morgan fingerprint density at radius 3 is 1.18 bits per heavy atom. The molecule has 0 aliphatic heterocycles. The molecule has 20 heteroatoms. The molecule has 3 nitrogen and oxygen atoms in total. The highest BCUT2D eigenvalue weighted by atomic mass is 35.5. The summed E-state index contributed by atoms with van der Waals surface area (Å²) >= 11 is 3.39. The molecule has 0 spiro atoms. The van der Waals surface area contributed by atoms with E-state index in [2.05, 4.69) is 11.6 Å². The Kier molecular flexibility index (Phi) is 7.74. The zero-order valence-electron chi connectivity index (χ0n) is 15.5. The van der Waals surface area contributed by atoms with E-state index in [1.165, 1.54) is 0 Å². The van der Waals surface area contributed by atoms with Gasteiger partial charge in [0.05, 0.1) is 12.1 Å². The SMILES string of the molecule is CC(C)(CO)NC(=O)C(F)(F)C(F)(F)C(F)(F)C(F)(F)C(F)(F)C(F)(F)C(F)(F)C(F)(F)Cl. The second-order valence-corrected chi connectivity index (χ2v) is 7.49. The first-order chi connectivity index (χ1) is 13.9. The molecule has 0 unspecified atom stereocenters. The van der Waals surface area contributed by atoms with Gasteiger partial charge in [-0.1, -0.05) is 0 Å². The first-order valence-electron chi connectivity index (χ1n) is 7.59. The van der Waals surface area contributed by atoms with Crippen LogP contribution in [-0.4, -0.2) is 70.0 Å². The number of aliphatic hydroxyl groups is 1. The topological polar surface area (TPSA) is 49.3 Å². The van der Waals surface area contributed by atoms with Crippen LogP contribution in [0, 0.1) is 0 Å². The molecule has 0 bridgehead atoms. The molecule has 0 aromatic carbocycles. The fourth-order valence-electron chi connectivity index (χ4n) is 1.73. The van der Waals surface area contributed by atoms with Crippen LogP contribution >= 0.6 is 11.6 Å². The van der Waals surface area contributed by atoms with Gasteiger partial charge in [0.25, 0.3) is 5.91 Å². The summed E-state index contributed by atoms with van der Waals surface area (Å²) in [5, 5.41) is 2.55. The molecule has 0 aliphatic carbocycles. The maximum absolute atomic E-state index is 13.6. The van der Waals surface area contributed by atoms with Gasteiger partial charge >= 0.3 is 46.8 Å². The Hall–Kier alpha value is -1.40. The van der Waals surface area contributed by atoms with Gasteiger partial charge in [-0.05, 0) is 25.4 Å². The van der Waals surface area contributed by atoms with Crippen LogP contribution in [-0.2, 0) is 4.79 Å². The zero-order chi connectivity index (χ0) is 27.5. The molecule has 0 radical (unpaired) electrons. The predicted molar refractivity (Wildman–Crippen MR) is 74.7 cm³/mol. The highest BCUT2D eigenvalue weighted by Gasteiger charge is 2.95. The van der Waals surface area contributed by atoms with Crippen LogP contribution < -0.4 is 5.32 Å². The van der Waals surface area contributed by atoms with Crippen LogP contribution in [0.4, 0.5) is 70.2 Å². The van der Waals surface area contributed by atoms with Gasteiger partial charge in [0.1, 0.15) is 0 Å². The molecule has 0 rings (SSSR count). The van der Waals surface area contributed by atoms with Crippen LogP contribution in [0.15, 0.2) is 0 Å². The third-order valence-corrected chi connectivity index (χ3v) is 4.09. The molecule has 0 saturated heterocycles. The Morgan fingerprint density at radius 2 is 0.909 bits per heavy atom. The lowest BCUT2D eigenvalue weighted by Gasteiger charge is -2.43. The van der Waals surface area contributed by atoms with E-state index in [1.807, 2.05) is 0 Å². The highest BCUT2D eigenvalue weighted by Crippen LogP contribution is 2.64. The number of hydrogen-bond donors (Lipinski definition) is 2. The molecule has 0 atom stereocenters. The standard InChI is InChI=1S/C13H10ClF16NO2/c1-5(2,3-32)31-4(33)6(15,16)7(17,18)8(19,20)9(21,22)10(23,24)11(25,26)12(27,28)13(14,29)30/h32H,3H2,1-2H3,(H,31,33). The Morgan fingerprint density at radius 1 is 0.636 bits per heavy atom. The van der Waals surface area contributed by atoms with Gasteiger partial charge in [0.15, 0.2) is 0 Å². The van der Waals surface area contributed by atoms with Crippen molar-refractivity contribution in [3.63, 3.8) is 0 Å². The van der Waals surface area contributed by atoms with Crippen molar-refractivity contribution in [2.45, 2.75) is 66.2 Å². The Bertz CT molecular complexity index is 745. The molecule has 0 fully saturated rings. The maximum atomic E-state index is 13.6. The number of hydrogen-bond acceptors (Lipinski definition) is 2. The van der Waals surface area contributed by atoms with E-state index in [0.717, 1.165) is 5.32 Å². The fourth-order valence-corrected chi connectivity index (χ4v) is 1.85. The zero-order valence-corrected chi connectivity index (χ0v) is 16.2. The fraction of sp³-hybridized carbons (Fsp3) is 0.923. The molecule has 198 valence electrons. The third-order valence-electron chi connectivity index (χ3n) is 3.85. The number of rotatable bonds is 10. The van der Waals surface area contributed by atoms with Crippen LogP contribution in [0.1, 0.15) is 13.8 Å². The van der Waals surface area contributed by atoms with E-state index < -0.39 is 64.9 Å². The first kappa shape index (κ1) is 31.6. The van der Waals surface area contributed by atoms with Gasteiger partial charge in [-0.15, -0.1) is 0 Å². The first-order valence-corrected chi connectivity index (χ1v) is 7.96. The average Bonchev–Trinajstić information content (AvgIpc) is 2.59. The quantitative estimate of drug-likeness (QED) is 0.292. The highest BCUT2D eigenvalue weighted by molar-refractivity contribution is 6.22. The van der Waals surface area contributed by atoms with Crippen molar-refractivity contribution >= 4 is 17.5 Å². The van der Waals surface area contributed by atoms with E-state index in [0.29, 0.717) is 13.8 Å². The number of halogens is 17. The number of nitrogens with one attached hydrogen (secondary N) is 1. The van der Waals surface area contributed by atoms with Crippen LogP contribution in [0.25, 0.3) is 0 Å². The van der Waals surface area contributed by atoms with Crippen molar-refractivity contribution in [1.29, 1.82) is 0 Å². The molecule has 33 heavy (non-hydrogen) atoms. The van der Waals surface area contributed by atoms with Gasteiger partial charge in [-0.2, -0.15) is 70.2 Å². The number of carbonyl (C=O) groups excluding carboxylic acids is 1. The van der Waals surface area contributed by atoms with Gasteiger partial charge in [-0.25, -0.2) is 0 Å². The summed E-state index contributed by atoms with van der Waals surface area (Å²) in [7, 11) is 0. The van der Waals surface area contributed by atoms with Crippen molar-refractivity contribution in [2.75, 3.05) is 6.61 Å². The van der Waals surface area contributed by atoms with Crippen molar-refractivity contribution in [3.05, 3.63) is 0 Å². The molecule has 0 heterocycles. The summed E-state index contributed by atoms with van der Waals surface area (Å²) in [5.41, 5.74) is -2.36. The predicted octanol–water partition coefficient (Wildman–Crippen LogP) is 5.15. The van der Waals surface area contributed by atoms with Gasteiger partial charge in [0.2, 0.25) is 0 Å². The van der Waals surface area contributed by atoms with Gasteiger partial charge < -0.3 is 10.4 Å². The summed E-state index contributed by atoms with van der Waals surface area (Å²) in [6.07, 6.45) is 0. The van der Waals surface area contributed by atoms with E-state index in [4.69, 9.17) is 5.11 Å². The minimum absolute atomic E-state index is 0.564. The summed E-state index contributed by atoms with van der Waals surface area (Å²) in [6.45, 7) is -0.261. The van der Waals surface area contributed by atoms with E-state index in [-0.39, 0.29) is 0 Å². The summed E-state index contributed by atoms with van der Waals surface area (Å²) in [5.74, 6) is -60.7. The number of alkyl halides is 17. The van der Waals surface area contributed by atoms with Gasteiger partial charge in [-0.3, -0.25) is 4.79 Å². The molecule has 0 aliphatic rings. The largest absolute Gasteiger partial charge is 0.394 e. The molecular formula is C13H10ClF16NO2. The van der Waals surface area contributed by atoms with E-state index in [9.17, 15) is 75.0 Å². The smallest absolute Gasteiger partial charge is 0.393 e. The Labute approximate surface area is 177 Å². The van der Waals surface area contributed by atoms with Crippen LogP contribution in [0.3, 0.4) is 0 Å². The van der Waals surface area contributed by atoms with Crippen LogP contribution in [0.2, 0.25) is 0 Å². The number of carbonyl (C=O) groups is 1. The van der Waals surface area contributed by atoms with Gasteiger partial charge in [0, 0.05) is 0 Å². The molecule has 0 aromatic heterocycles. The lowest BCUT2D eigenvalue weighted by molar-refractivity contribution is -0.446. The van der Waals surface area contributed by atoms with E-state index in [1.54, 1.807) is 0 Å². The molecule has 0 aromatic rings. The van der Waals surface area contributed by atoms with E-state index >= 15 is 0 Å². The Balaban J connectivity index is 6.74. The molecule has 1 amide bonds. The minimum Gasteiger partial charge on any atom is -0.394 e. The van der Waals surface area contributed by atoms with Crippen molar-refractivity contribution in [2.24, 2.45) is 0 Å². The molecule has 2 N–H and O–H groups in total. The molecular weight excluding hydrogens is 542 g/mol. The second-order valence-electron chi connectivity index (χ2n) is 7.01. The number of amides is 1. The third kappa shape index (κ3) is 4.38. The normalized spacial score (nSPS) is 16.1. The summed E-state index contributed by atoms with van der Waals surface area (Å²) < 4.78 is 212. The lowest BCUT2D eigenvalue weighted by atomic mass is 9.88. The minimum atomic E-state index is -8.64. The summed E-state index contributed by atoms with van der Waals surface area (Å²) in [6, 6.07) is 0. The van der Waals surface area contributed by atoms with Crippen molar-refractivity contribution in [3.8, 4) is 0 Å². The lowest BCUT2D eigenvalue weighted by Crippen LogP contribution is -2.75. The average molecular weight is 552 g/mol. The molecule has 0 saturated carbocycles.